The first-order chi connectivity index (χ1) is 13.5. The van der Waals surface area contributed by atoms with E-state index in [2.05, 4.69) is 4.72 Å². The molecular weight excluding hydrogens is 410 g/mol. The first-order valence-electron chi connectivity index (χ1n) is 8.65. The molecular formula is C20H19N3O2S3. The standard InChI is InChI=1S/C20H19N3O2S3/c1-14-19(28(24,25)21-12-16-9-6-10-26-16)11-18(23(14)2)20-22-17(13-27-20)15-7-4-3-5-8-15/h3-11,13,21H,12H2,1-2H3. The molecule has 1 aromatic carbocycles. The van der Waals surface area contributed by atoms with Crippen LogP contribution in [0.2, 0.25) is 0 Å². The molecule has 0 aliphatic rings. The predicted molar refractivity (Wildman–Crippen MR) is 115 cm³/mol. The van der Waals surface area contributed by atoms with Gasteiger partial charge in [0, 0.05) is 35.1 Å². The molecule has 1 N–H and O–H groups in total. The Morgan fingerprint density at radius 2 is 1.89 bits per heavy atom. The van der Waals surface area contributed by atoms with Crippen molar-refractivity contribution in [2.45, 2.75) is 18.4 Å². The van der Waals surface area contributed by atoms with E-state index >= 15 is 0 Å². The molecule has 0 unspecified atom stereocenters. The average Bonchev–Trinajstić information content (AvgIpc) is 3.43. The highest BCUT2D eigenvalue weighted by molar-refractivity contribution is 7.89. The van der Waals surface area contributed by atoms with Crippen LogP contribution in [0, 0.1) is 6.92 Å². The van der Waals surface area contributed by atoms with Crippen molar-refractivity contribution in [3.63, 3.8) is 0 Å². The molecule has 0 aliphatic heterocycles. The zero-order valence-electron chi connectivity index (χ0n) is 15.4. The minimum Gasteiger partial charge on any atom is -0.345 e. The lowest BCUT2D eigenvalue weighted by Crippen LogP contribution is -2.23. The minimum absolute atomic E-state index is 0.290. The van der Waals surface area contributed by atoms with E-state index in [-0.39, 0.29) is 4.90 Å². The van der Waals surface area contributed by atoms with Gasteiger partial charge in [-0.2, -0.15) is 0 Å². The van der Waals surface area contributed by atoms with E-state index in [1.54, 1.807) is 6.07 Å². The fourth-order valence-corrected chi connectivity index (χ4v) is 5.85. The van der Waals surface area contributed by atoms with Crippen molar-refractivity contribution >= 4 is 32.7 Å². The molecule has 0 radical (unpaired) electrons. The monoisotopic (exact) mass is 429 g/mol. The van der Waals surface area contributed by atoms with Crippen LogP contribution in [0.1, 0.15) is 10.6 Å². The Morgan fingerprint density at radius 3 is 2.61 bits per heavy atom. The van der Waals surface area contributed by atoms with Crippen molar-refractivity contribution in [1.82, 2.24) is 14.3 Å². The van der Waals surface area contributed by atoms with Gasteiger partial charge in [-0.25, -0.2) is 18.1 Å². The Balaban J connectivity index is 1.65. The summed E-state index contributed by atoms with van der Waals surface area (Å²) < 4.78 is 30.2. The van der Waals surface area contributed by atoms with Crippen LogP contribution < -0.4 is 4.72 Å². The molecule has 28 heavy (non-hydrogen) atoms. The van der Waals surface area contributed by atoms with E-state index in [0.29, 0.717) is 12.2 Å². The van der Waals surface area contributed by atoms with Crippen molar-refractivity contribution < 1.29 is 8.42 Å². The fraction of sp³-hybridized carbons (Fsp3) is 0.150. The Labute approximate surface area is 172 Å². The van der Waals surface area contributed by atoms with Crippen LogP contribution in [-0.2, 0) is 23.6 Å². The molecule has 0 fully saturated rings. The highest BCUT2D eigenvalue weighted by Crippen LogP contribution is 2.32. The number of benzene rings is 1. The minimum atomic E-state index is -3.61. The Bertz CT molecular complexity index is 1190. The SMILES string of the molecule is Cc1c(S(=O)(=O)NCc2cccs2)cc(-c2nc(-c3ccccc3)cs2)n1C. The third kappa shape index (κ3) is 3.68. The summed E-state index contributed by atoms with van der Waals surface area (Å²) in [4.78, 5) is 5.99. The molecule has 0 atom stereocenters. The smallest absolute Gasteiger partial charge is 0.242 e. The first-order valence-corrected chi connectivity index (χ1v) is 11.9. The largest absolute Gasteiger partial charge is 0.345 e. The van der Waals surface area contributed by atoms with Gasteiger partial charge < -0.3 is 4.57 Å². The number of sulfonamides is 1. The third-order valence-electron chi connectivity index (χ3n) is 4.59. The maximum atomic E-state index is 12.8. The topological polar surface area (TPSA) is 64.0 Å². The van der Waals surface area contributed by atoms with Gasteiger partial charge in [0.25, 0.3) is 0 Å². The second-order valence-corrected chi connectivity index (χ2v) is 9.97. The van der Waals surface area contributed by atoms with Gasteiger partial charge in [-0.3, -0.25) is 0 Å². The molecule has 3 heterocycles. The number of nitrogens with zero attached hydrogens (tertiary/aromatic N) is 2. The van der Waals surface area contributed by atoms with E-state index in [4.69, 9.17) is 4.98 Å². The Morgan fingerprint density at radius 1 is 1.11 bits per heavy atom. The number of thiophene rings is 1. The van der Waals surface area contributed by atoms with Gasteiger partial charge in [-0.05, 0) is 24.4 Å². The molecule has 8 heteroatoms. The number of nitrogens with one attached hydrogen (secondary N) is 1. The van der Waals surface area contributed by atoms with Gasteiger partial charge in [0.2, 0.25) is 10.0 Å². The Kier molecular flexibility index (Phi) is 5.20. The van der Waals surface area contributed by atoms with Gasteiger partial charge >= 0.3 is 0 Å². The summed E-state index contributed by atoms with van der Waals surface area (Å²) in [5.74, 6) is 0. The normalized spacial score (nSPS) is 11.8. The second kappa shape index (κ2) is 7.63. The number of aromatic nitrogens is 2. The summed E-state index contributed by atoms with van der Waals surface area (Å²) in [6, 6.07) is 15.5. The van der Waals surface area contributed by atoms with Gasteiger partial charge in [-0.1, -0.05) is 36.4 Å². The van der Waals surface area contributed by atoms with Crippen molar-refractivity contribution in [1.29, 1.82) is 0 Å². The molecule has 5 nitrogen and oxygen atoms in total. The van der Waals surface area contributed by atoms with Crippen LogP contribution in [0.15, 0.2) is 64.2 Å². The molecule has 0 saturated carbocycles. The molecule has 0 saturated heterocycles. The molecule has 144 valence electrons. The summed E-state index contributed by atoms with van der Waals surface area (Å²) in [7, 11) is -1.74. The maximum absolute atomic E-state index is 12.8. The zero-order chi connectivity index (χ0) is 19.7. The summed E-state index contributed by atoms with van der Waals surface area (Å²) in [5, 5.41) is 4.72. The lowest BCUT2D eigenvalue weighted by Gasteiger charge is -2.06. The molecule has 0 bridgehead atoms. The maximum Gasteiger partial charge on any atom is 0.242 e. The molecule has 0 aliphatic carbocycles. The lowest BCUT2D eigenvalue weighted by molar-refractivity contribution is 0.580. The highest BCUT2D eigenvalue weighted by atomic mass is 32.2. The van der Waals surface area contributed by atoms with E-state index in [1.165, 1.54) is 22.7 Å². The molecule has 0 amide bonds. The molecule has 0 spiro atoms. The predicted octanol–water partition coefficient (Wildman–Crippen LogP) is 4.66. The second-order valence-electron chi connectivity index (χ2n) is 6.35. The molecule has 3 aromatic heterocycles. The summed E-state index contributed by atoms with van der Waals surface area (Å²) in [6.45, 7) is 2.11. The average molecular weight is 430 g/mol. The summed E-state index contributed by atoms with van der Waals surface area (Å²) in [6.07, 6.45) is 0. The summed E-state index contributed by atoms with van der Waals surface area (Å²) in [5.41, 5.74) is 3.41. The van der Waals surface area contributed by atoms with E-state index in [0.717, 1.165) is 26.8 Å². The highest BCUT2D eigenvalue weighted by Gasteiger charge is 2.23. The fourth-order valence-electron chi connectivity index (χ4n) is 2.94. The van der Waals surface area contributed by atoms with Crippen LogP contribution in [0.5, 0.6) is 0 Å². The molecule has 4 aromatic rings. The van der Waals surface area contributed by atoms with E-state index < -0.39 is 10.0 Å². The van der Waals surface area contributed by atoms with Crippen LogP contribution in [0.4, 0.5) is 0 Å². The molecule has 4 rings (SSSR count). The third-order valence-corrected chi connectivity index (χ3v) is 7.85. The first kappa shape index (κ1) is 19.1. The van der Waals surface area contributed by atoms with Crippen LogP contribution in [0.3, 0.4) is 0 Å². The van der Waals surface area contributed by atoms with Gasteiger partial charge in [-0.15, -0.1) is 22.7 Å². The van der Waals surface area contributed by atoms with Crippen LogP contribution in [-0.4, -0.2) is 18.0 Å². The summed E-state index contributed by atoms with van der Waals surface area (Å²) >= 11 is 3.04. The number of thiazole rings is 1. The number of hydrogen-bond acceptors (Lipinski definition) is 5. The van der Waals surface area contributed by atoms with Crippen LogP contribution in [0.25, 0.3) is 22.0 Å². The number of hydrogen-bond donors (Lipinski definition) is 1. The van der Waals surface area contributed by atoms with Crippen molar-refractivity contribution in [2.24, 2.45) is 7.05 Å². The van der Waals surface area contributed by atoms with Crippen LogP contribution >= 0.6 is 22.7 Å². The van der Waals surface area contributed by atoms with E-state index in [1.807, 2.05) is 71.8 Å². The van der Waals surface area contributed by atoms with Crippen molar-refractivity contribution in [2.75, 3.05) is 0 Å². The van der Waals surface area contributed by atoms with Gasteiger partial charge in [0.05, 0.1) is 11.4 Å². The van der Waals surface area contributed by atoms with E-state index in [9.17, 15) is 8.42 Å². The van der Waals surface area contributed by atoms with Gasteiger partial charge in [0.1, 0.15) is 9.90 Å². The van der Waals surface area contributed by atoms with Gasteiger partial charge in [0.15, 0.2) is 0 Å². The van der Waals surface area contributed by atoms with Crippen molar-refractivity contribution in [3.8, 4) is 22.0 Å². The lowest BCUT2D eigenvalue weighted by atomic mass is 10.2. The quantitative estimate of drug-likeness (QED) is 0.485. The zero-order valence-corrected chi connectivity index (χ0v) is 17.9. The van der Waals surface area contributed by atoms with Crippen molar-refractivity contribution in [3.05, 3.63) is 69.9 Å². The number of rotatable bonds is 6. The Hall–Kier alpha value is -2.26.